The van der Waals surface area contributed by atoms with Gasteiger partial charge in [-0.15, -0.1) is 0 Å². The normalized spacial score (nSPS) is 17.3. The lowest BCUT2D eigenvalue weighted by atomic mass is 9.91. The van der Waals surface area contributed by atoms with E-state index in [-0.39, 0.29) is 5.56 Å². The average molecular weight is 239 g/mol. The van der Waals surface area contributed by atoms with Gasteiger partial charge < -0.3 is 5.32 Å². The Morgan fingerprint density at radius 1 is 1.12 bits per heavy atom. The van der Waals surface area contributed by atoms with Crippen molar-refractivity contribution >= 4 is 0 Å². The number of hydrogen-bond donors (Lipinski definition) is 1. The highest BCUT2D eigenvalue weighted by molar-refractivity contribution is 5.19. The van der Waals surface area contributed by atoms with Crippen LogP contribution in [0.15, 0.2) is 18.2 Å². The highest BCUT2D eigenvalue weighted by Gasteiger charge is 2.14. The average Bonchev–Trinajstić information content (AvgIpc) is 2.34. The highest BCUT2D eigenvalue weighted by Crippen LogP contribution is 2.21. The van der Waals surface area contributed by atoms with Crippen LogP contribution >= 0.6 is 0 Å². The third-order valence-corrected chi connectivity index (χ3v) is 3.56. The minimum atomic E-state index is -0.407. The van der Waals surface area contributed by atoms with Gasteiger partial charge in [-0.05, 0) is 56.8 Å². The summed E-state index contributed by atoms with van der Waals surface area (Å²) in [6, 6.07) is 4.09. The Balaban J connectivity index is 1.81. The second kappa shape index (κ2) is 6.10. The number of rotatable bonds is 4. The van der Waals surface area contributed by atoms with Crippen LogP contribution in [-0.4, -0.2) is 13.1 Å². The molecule has 2 rings (SSSR count). The Morgan fingerprint density at radius 2 is 1.76 bits per heavy atom. The summed E-state index contributed by atoms with van der Waals surface area (Å²) in [7, 11) is 0. The van der Waals surface area contributed by atoms with Crippen molar-refractivity contribution in [3.8, 4) is 0 Å². The molecule has 0 bridgehead atoms. The molecule has 0 saturated carbocycles. The van der Waals surface area contributed by atoms with Crippen LogP contribution < -0.4 is 5.32 Å². The predicted molar refractivity (Wildman–Crippen MR) is 64.9 cm³/mol. The number of hydrogen-bond acceptors (Lipinski definition) is 1. The third kappa shape index (κ3) is 3.50. The van der Waals surface area contributed by atoms with Gasteiger partial charge in [0.15, 0.2) is 0 Å². The third-order valence-electron chi connectivity index (χ3n) is 3.56. The van der Waals surface area contributed by atoms with E-state index in [2.05, 4.69) is 5.32 Å². The van der Waals surface area contributed by atoms with Crippen LogP contribution in [0.3, 0.4) is 0 Å². The molecule has 0 aliphatic carbocycles. The van der Waals surface area contributed by atoms with Crippen molar-refractivity contribution in [1.29, 1.82) is 0 Å². The van der Waals surface area contributed by atoms with Gasteiger partial charge in [0, 0.05) is 5.56 Å². The van der Waals surface area contributed by atoms with Crippen LogP contribution in [0.1, 0.15) is 31.2 Å². The van der Waals surface area contributed by atoms with Crippen molar-refractivity contribution in [3.05, 3.63) is 35.4 Å². The van der Waals surface area contributed by atoms with Crippen molar-refractivity contribution in [3.63, 3.8) is 0 Å². The maximum atomic E-state index is 13.4. The molecule has 1 aliphatic rings. The van der Waals surface area contributed by atoms with Gasteiger partial charge in [0.1, 0.15) is 11.6 Å². The molecule has 1 heterocycles. The van der Waals surface area contributed by atoms with Crippen molar-refractivity contribution in [2.45, 2.75) is 32.1 Å². The first-order chi connectivity index (χ1) is 8.27. The summed E-state index contributed by atoms with van der Waals surface area (Å²) in [5.41, 5.74) is 0.251. The molecule has 1 aliphatic heterocycles. The molecule has 0 spiro atoms. The van der Waals surface area contributed by atoms with E-state index in [1.54, 1.807) is 0 Å². The molecule has 1 nitrogen and oxygen atoms in total. The molecule has 94 valence electrons. The van der Waals surface area contributed by atoms with E-state index < -0.39 is 11.6 Å². The predicted octanol–water partition coefficient (Wildman–Crippen LogP) is 3.29. The standard InChI is InChI=1S/C14H19F2N/c15-13-5-2-6-14(16)12(13)4-1-3-11-7-9-17-10-8-11/h2,5-6,11,17H,1,3-4,7-10H2. The molecular formula is C14H19F2N. The Morgan fingerprint density at radius 3 is 2.41 bits per heavy atom. The fraction of sp³-hybridized carbons (Fsp3) is 0.571. The molecular weight excluding hydrogens is 220 g/mol. The van der Waals surface area contributed by atoms with Crippen LogP contribution in [0.5, 0.6) is 0 Å². The van der Waals surface area contributed by atoms with Gasteiger partial charge >= 0.3 is 0 Å². The maximum Gasteiger partial charge on any atom is 0.129 e. The molecule has 1 aromatic rings. The Kier molecular flexibility index (Phi) is 4.49. The largest absolute Gasteiger partial charge is 0.317 e. The van der Waals surface area contributed by atoms with Crippen molar-refractivity contribution in [1.82, 2.24) is 5.32 Å². The summed E-state index contributed by atoms with van der Waals surface area (Å²) in [6.45, 7) is 2.16. The molecule has 0 unspecified atom stereocenters. The summed E-state index contributed by atoms with van der Waals surface area (Å²) < 4.78 is 26.7. The van der Waals surface area contributed by atoms with Crippen molar-refractivity contribution in [2.24, 2.45) is 5.92 Å². The topological polar surface area (TPSA) is 12.0 Å². The van der Waals surface area contributed by atoms with Crippen molar-refractivity contribution in [2.75, 3.05) is 13.1 Å². The van der Waals surface area contributed by atoms with Crippen molar-refractivity contribution < 1.29 is 8.78 Å². The summed E-state index contributed by atoms with van der Waals surface area (Å²) in [6.07, 6.45) is 4.86. The maximum absolute atomic E-state index is 13.4. The van der Waals surface area contributed by atoms with E-state index in [0.717, 1.165) is 31.8 Å². The van der Waals surface area contributed by atoms with E-state index >= 15 is 0 Å². The molecule has 0 aromatic heterocycles. The molecule has 0 atom stereocenters. The molecule has 0 radical (unpaired) electrons. The van der Waals surface area contributed by atoms with Gasteiger partial charge in [0.05, 0.1) is 0 Å². The van der Waals surface area contributed by atoms with E-state index in [9.17, 15) is 8.78 Å². The zero-order chi connectivity index (χ0) is 12.1. The van der Waals surface area contributed by atoms with Gasteiger partial charge in [-0.2, -0.15) is 0 Å². The smallest absolute Gasteiger partial charge is 0.129 e. The first kappa shape index (κ1) is 12.5. The molecule has 0 amide bonds. The minimum absolute atomic E-state index is 0.251. The fourth-order valence-corrected chi connectivity index (χ4v) is 2.51. The van der Waals surface area contributed by atoms with E-state index in [0.29, 0.717) is 6.42 Å². The Bertz CT molecular complexity index is 339. The number of halogens is 2. The van der Waals surface area contributed by atoms with Crippen LogP contribution in [0.4, 0.5) is 8.78 Å². The molecule has 1 fully saturated rings. The first-order valence-electron chi connectivity index (χ1n) is 6.41. The first-order valence-corrected chi connectivity index (χ1v) is 6.41. The van der Waals surface area contributed by atoms with Gasteiger partial charge in [-0.25, -0.2) is 8.78 Å². The summed E-state index contributed by atoms with van der Waals surface area (Å²) in [5.74, 6) is -0.0864. The second-order valence-electron chi connectivity index (χ2n) is 4.79. The lowest BCUT2D eigenvalue weighted by Crippen LogP contribution is -2.27. The lowest BCUT2D eigenvalue weighted by Gasteiger charge is -2.22. The van der Waals surface area contributed by atoms with Crippen LogP contribution in [-0.2, 0) is 6.42 Å². The van der Waals surface area contributed by atoms with Crippen LogP contribution in [0.2, 0.25) is 0 Å². The molecule has 1 saturated heterocycles. The second-order valence-corrected chi connectivity index (χ2v) is 4.79. The molecule has 1 N–H and O–H groups in total. The van der Waals surface area contributed by atoms with Crippen LogP contribution in [0.25, 0.3) is 0 Å². The number of nitrogens with one attached hydrogen (secondary N) is 1. The van der Waals surface area contributed by atoms with Gasteiger partial charge in [0.2, 0.25) is 0 Å². The summed E-state index contributed by atoms with van der Waals surface area (Å²) in [5, 5.41) is 3.32. The van der Waals surface area contributed by atoms with Gasteiger partial charge in [0.25, 0.3) is 0 Å². The highest BCUT2D eigenvalue weighted by atomic mass is 19.1. The number of piperidine rings is 1. The Hall–Kier alpha value is -0.960. The SMILES string of the molecule is Fc1cccc(F)c1CCCC1CCNCC1. The van der Waals surface area contributed by atoms with E-state index in [4.69, 9.17) is 0 Å². The fourth-order valence-electron chi connectivity index (χ4n) is 2.51. The zero-order valence-corrected chi connectivity index (χ0v) is 10.0. The van der Waals surface area contributed by atoms with Gasteiger partial charge in [-0.3, -0.25) is 0 Å². The number of benzene rings is 1. The molecule has 3 heteroatoms. The summed E-state index contributed by atoms with van der Waals surface area (Å²) in [4.78, 5) is 0. The minimum Gasteiger partial charge on any atom is -0.317 e. The molecule has 1 aromatic carbocycles. The summed E-state index contributed by atoms with van der Waals surface area (Å²) >= 11 is 0. The lowest BCUT2D eigenvalue weighted by molar-refractivity contribution is 0.346. The van der Waals surface area contributed by atoms with E-state index in [1.807, 2.05) is 0 Å². The van der Waals surface area contributed by atoms with Crippen LogP contribution in [0, 0.1) is 17.6 Å². The molecule has 17 heavy (non-hydrogen) atoms. The quantitative estimate of drug-likeness (QED) is 0.850. The van der Waals surface area contributed by atoms with Gasteiger partial charge in [-0.1, -0.05) is 12.5 Å². The monoisotopic (exact) mass is 239 g/mol. The Labute approximate surface area is 101 Å². The zero-order valence-electron chi connectivity index (χ0n) is 10.0. The van der Waals surface area contributed by atoms with E-state index in [1.165, 1.54) is 31.0 Å².